The van der Waals surface area contributed by atoms with Crippen molar-refractivity contribution in [2.45, 2.75) is 25.0 Å². The van der Waals surface area contributed by atoms with Gasteiger partial charge in [-0.15, -0.1) is 0 Å². The van der Waals surface area contributed by atoms with Gasteiger partial charge in [0.05, 0.1) is 10.6 Å². The minimum absolute atomic E-state index is 0.0600. The average Bonchev–Trinajstić information content (AvgIpc) is 3.19. The van der Waals surface area contributed by atoms with Gasteiger partial charge in [0, 0.05) is 24.2 Å². The molecule has 1 unspecified atom stereocenters. The molecule has 0 aliphatic carbocycles. The number of amides is 1. The van der Waals surface area contributed by atoms with Crippen LogP contribution in [-0.2, 0) is 5.79 Å². The molecule has 1 atom stereocenters. The molecule has 0 saturated carbocycles. The topological polar surface area (TPSA) is 38.8 Å². The van der Waals surface area contributed by atoms with Gasteiger partial charge >= 0.3 is 5.79 Å². The Morgan fingerprint density at radius 3 is 2.25 bits per heavy atom. The summed E-state index contributed by atoms with van der Waals surface area (Å²) in [6.07, 6.45) is 3.11. The molecule has 164 valence electrons. The predicted molar refractivity (Wildman–Crippen MR) is 116 cm³/mol. The maximum atomic E-state index is 13.7. The van der Waals surface area contributed by atoms with Crippen LogP contribution in [0.5, 0.6) is 11.5 Å². The van der Waals surface area contributed by atoms with Crippen molar-refractivity contribution in [1.29, 1.82) is 0 Å². The number of fused-ring (bicyclic) bond motifs is 1. The highest BCUT2D eigenvalue weighted by Gasteiger charge is 2.47. The third kappa shape index (κ3) is 3.58. The molecule has 0 bridgehead atoms. The number of hydrogen-bond donors (Lipinski definition) is 0. The molecule has 1 fully saturated rings. The van der Waals surface area contributed by atoms with Crippen LogP contribution in [0, 0.1) is 11.6 Å². The number of carbonyl (C=O) groups excluding carboxylic acids is 1. The lowest BCUT2D eigenvalue weighted by Crippen LogP contribution is -2.37. The highest BCUT2D eigenvalue weighted by atomic mass is 35.5. The number of halogens is 3. The molecule has 3 aromatic carbocycles. The first-order valence-corrected chi connectivity index (χ1v) is 10.9. The number of carbonyl (C=O) groups is 1. The van der Waals surface area contributed by atoms with E-state index in [0.717, 1.165) is 32.4 Å². The summed E-state index contributed by atoms with van der Waals surface area (Å²) in [5.74, 6) is -1.76. The lowest BCUT2D eigenvalue weighted by atomic mass is 9.97. The van der Waals surface area contributed by atoms with Crippen LogP contribution in [0.25, 0.3) is 0 Å². The Labute approximate surface area is 189 Å². The van der Waals surface area contributed by atoms with Crippen molar-refractivity contribution < 1.29 is 23.0 Å². The summed E-state index contributed by atoms with van der Waals surface area (Å²) in [6.45, 7) is 1.47. The van der Waals surface area contributed by atoms with Crippen molar-refractivity contribution in [3.05, 3.63) is 94.0 Å². The first-order chi connectivity index (χ1) is 15.5. The third-order valence-corrected chi connectivity index (χ3v) is 6.16. The van der Waals surface area contributed by atoms with E-state index in [1.165, 1.54) is 42.5 Å². The van der Waals surface area contributed by atoms with Gasteiger partial charge in [-0.05, 0) is 79.9 Å². The van der Waals surface area contributed by atoms with Crippen LogP contribution in [0.2, 0.25) is 5.02 Å². The minimum atomic E-state index is -1.55. The lowest BCUT2D eigenvalue weighted by molar-refractivity contribution is -0.0459. The average molecular weight is 456 g/mol. The van der Waals surface area contributed by atoms with Gasteiger partial charge in [0.2, 0.25) is 0 Å². The maximum Gasteiger partial charge on any atom is 0.307 e. The number of hydrogen-bond acceptors (Lipinski definition) is 3. The molecule has 2 aliphatic rings. The Morgan fingerprint density at radius 2 is 1.53 bits per heavy atom. The van der Waals surface area contributed by atoms with Gasteiger partial charge in [0.15, 0.2) is 11.5 Å². The highest BCUT2D eigenvalue weighted by molar-refractivity contribution is 6.31. The van der Waals surface area contributed by atoms with Crippen molar-refractivity contribution in [3.8, 4) is 11.5 Å². The highest BCUT2D eigenvalue weighted by Crippen LogP contribution is 2.49. The van der Waals surface area contributed by atoms with Gasteiger partial charge in [0.25, 0.3) is 5.91 Å². The van der Waals surface area contributed by atoms with Crippen molar-refractivity contribution >= 4 is 17.5 Å². The Hall–Kier alpha value is -3.12. The van der Waals surface area contributed by atoms with E-state index in [0.29, 0.717) is 28.2 Å². The van der Waals surface area contributed by atoms with E-state index in [-0.39, 0.29) is 10.9 Å². The number of rotatable bonds is 3. The SMILES string of the molecule is O=C(c1ccc2c(c1)OC(c1ccc(F)cc1)(c1ccc(F)cc1Cl)O2)N1CCCCC1. The van der Waals surface area contributed by atoms with Crippen LogP contribution in [-0.4, -0.2) is 23.9 Å². The van der Waals surface area contributed by atoms with Crippen molar-refractivity contribution in [2.75, 3.05) is 13.1 Å². The zero-order valence-corrected chi connectivity index (χ0v) is 17.9. The zero-order valence-electron chi connectivity index (χ0n) is 17.1. The number of piperidine rings is 1. The zero-order chi connectivity index (χ0) is 22.3. The number of nitrogens with zero attached hydrogens (tertiary/aromatic N) is 1. The Bertz CT molecular complexity index is 1180. The van der Waals surface area contributed by atoms with Crippen LogP contribution >= 0.6 is 11.6 Å². The molecule has 2 heterocycles. The second-order valence-electron chi connectivity index (χ2n) is 7.97. The maximum absolute atomic E-state index is 13.7. The molecule has 5 rings (SSSR count). The van der Waals surface area contributed by atoms with Gasteiger partial charge in [-0.2, -0.15) is 0 Å². The summed E-state index contributed by atoms with van der Waals surface area (Å²) in [5.41, 5.74) is 1.34. The van der Waals surface area contributed by atoms with Crippen molar-refractivity contribution in [1.82, 2.24) is 4.90 Å². The van der Waals surface area contributed by atoms with Crippen LogP contribution < -0.4 is 9.47 Å². The second kappa shape index (κ2) is 8.10. The van der Waals surface area contributed by atoms with E-state index >= 15 is 0 Å². The molecule has 0 aromatic heterocycles. The Morgan fingerprint density at radius 1 is 0.844 bits per heavy atom. The van der Waals surface area contributed by atoms with Crippen LogP contribution in [0.1, 0.15) is 40.7 Å². The lowest BCUT2D eigenvalue weighted by Gasteiger charge is -2.29. The summed E-state index contributed by atoms with van der Waals surface area (Å²) in [6, 6.07) is 14.6. The smallest absolute Gasteiger partial charge is 0.307 e. The number of likely N-dealkylation sites (tertiary alicyclic amines) is 1. The molecule has 4 nitrogen and oxygen atoms in total. The molecule has 0 spiro atoms. The van der Waals surface area contributed by atoms with Crippen LogP contribution in [0.3, 0.4) is 0 Å². The third-order valence-electron chi connectivity index (χ3n) is 5.85. The number of ether oxygens (including phenoxy) is 2. The quantitative estimate of drug-likeness (QED) is 0.492. The van der Waals surface area contributed by atoms with Gasteiger partial charge in [0.1, 0.15) is 11.6 Å². The molecule has 1 saturated heterocycles. The van der Waals surface area contributed by atoms with E-state index in [2.05, 4.69) is 0 Å². The van der Waals surface area contributed by atoms with Crippen molar-refractivity contribution in [2.24, 2.45) is 0 Å². The molecule has 3 aromatic rings. The summed E-state index contributed by atoms with van der Waals surface area (Å²) in [5, 5.41) is 0.103. The first-order valence-electron chi connectivity index (χ1n) is 10.5. The van der Waals surface area contributed by atoms with Gasteiger partial charge in [-0.1, -0.05) is 11.6 Å². The van der Waals surface area contributed by atoms with Crippen LogP contribution in [0.4, 0.5) is 8.78 Å². The second-order valence-corrected chi connectivity index (χ2v) is 8.37. The predicted octanol–water partition coefficient (Wildman–Crippen LogP) is 5.92. The fourth-order valence-corrected chi connectivity index (χ4v) is 4.52. The fourth-order valence-electron chi connectivity index (χ4n) is 4.22. The molecular formula is C25H20ClF2NO3. The van der Waals surface area contributed by atoms with Gasteiger partial charge in [-0.3, -0.25) is 4.79 Å². The summed E-state index contributed by atoms with van der Waals surface area (Å²) in [7, 11) is 0. The van der Waals surface area contributed by atoms with Crippen molar-refractivity contribution in [3.63, 3.8) is 0 Å². The first kappa shape index (κ1) is 20.8. The van der Waals surface area contributed by atoms with E-state index < -0.39 is 17.4 Å². The summed E-state index contributed by atoms with van der Waals surface area (Å²) >= 11 is 6.37. The van der Waals surface area contributed by atoms with Gasteiger partial charge < -0.3 is 14.4 Å². The molecular weight excluding hydrogens is 436 g/mol. The number of benzene rings is 3. The van der Waals surface area contributed by atoms with Crippen LogP contribution in [0.15, 0.2) is 60.7 Å². The molecule has 2 aliphatic heterocycles. The van der Waals surface area contributed by atoms with E-state index in [1.54, 1.807) is 18.2 Å². The molecule has 0 radical (unpaired) electrons. The fraction of sp³-hybridized carbons (Fsp3) is 0.240. The largest absolute Gasteiger partial charge is 0.440 e. The molecule has 0 N–H and O–H groups in total. The monoisotopic (exact) mass is 455 g/mol. The van der Waals surface area contributed by atoms with Gasteiger partial charge in [-0.25, -0.2) is 8.78 Å². The minimum Gasteiger partial charge on any atom is -0.440 e. The molecule has 7 heteroatoms. The Balaban J connectivity index is 1.56. The molecule has 1 amide bonds. The van der Waals surface area contributed by atoms with E-state index in [9.17, 15) is 13.6 Å². The van der Waals surface area contributed by atoms with E-state index in [1.807, 2.05) is 4.90 Å². The summed E-state index contributed by atoms with van der Waals surface area (Å²) < 4.78 is 39.9. The summed E-state index contributed by atoms with van der Waals surface area (Å²) in [4.78, 5) is 14.8. The standard InChI is InChI=1S/C25H20ClF2NO3/c26-21-15-19(28)9-10-20(21)25(17-5-7-18(27)8-6-17)31-22-11-4-16(14-23(22)32-25)24(30)29-12-2-1-3-13-29/h4-11,14-15H,1-3,12-13H2. The Kier molecular flexibility index (Phi) is 5.25. The van der Waals surface area contributed by atoms with E-state index in [4.69, 9.17) is 21.1 Å². The molecule has 32 heavy (non-hydrogen) atoms. The normalized spacial score (nSPS) is 19.8.